The first-order chi connectivity index (χ1) is 7.19. The van der Waals surface area contributed by atoms with Crippen LogP contribution in [-0.2, 0) is 31.7 Å². The van der Waals surface area contributed by atoms with E-state index in [2.05, 4.69) is 11.9 Å². The van der Waals surface area contributed by atoms with Crippen molar-refractivity contribution in [2.45, 2.75) is 10.4 Å². The van der Waals surface area contributed by atoms with Crippen molar-refractivity contribution in [1.82, 2.24) is 0 Å². The number of carbonyl (C=O) groups is 1. The van der Waals surface area contributed by atoms with Gasteiger partial charge in [-0.3, -0.25) is 0 Å². The van der Waals surface area contributed by atoms with Gasteiger partial charge in [-0.1, -0.05) is 0 Å². The quantitative estimate of drug-likeness (QED) is 0.509. The molecule has 0 saturated carbocycles. The fourth-order valence-electron chi connectivity index (χ4n) is 1.23. The molecule has 5 heteroatoms. The molecule has 78 valence electrons. The average molecular weight is 462 g/mol. The monoisotopic (exact) mass is 462 g/mol. The maximum absolute atomic E-state index is 12.7. The Balaban J connectivity index is 2.82. The Kier molecular flexibility index (Phi) is 5.75. The molecule has 0 aliphatic rings. The minimum atomic E-state index is -1.46. The van der Waals surface area contributed by atoms with Crippen molar-refractivity contribution in [3.63, 3.8) is 0 Å². The van der Waals surface area contributed by atoms with Crippen molar-refractivity contribution in [1.29, 1.82) is 0 Å². The summed E-state index contributed by atoms with van der Waals surface area (Å²) in [4.78, 5) is 11.6. The molecule has 0 amide bonds. The third kappa shape index (κ3) is 3.83. The van der Waals surface area contributed by atoms with Gasteiger partial charge in [-0.15, -0.1) is 0 Å². The first-order valence-corrected chi connectivity index (χ1v) is 19.8. The zero-order valence-corrected chi connectivity index (χ0v) is 15.5. The Labute approximate surface area is 106 Å². The second-order valence-electron chi connectivity index (χ2n) is 3.01. The molecule has 0 N–H and O–H groups in total. The predicted octanol–water partition coefficient (Wildman–Crippen LogP) is 2.82. The Morgan fingerprint density at radius 2 is 2.13 bits per heavy atom. The molecule has 0 radical (unpaired) electrons. The van der Waals surface area contributed by atoms with E-state index in [0.717, 1.165) is 5.56 Å². The van der Waals surface area contributed by atoms with Crippen LogP contribution >= 0.6 is 11.9 Å². The molecule has 0 spiro atoms. The van der Waals surface area contributed by atoms with Crippen LogP contribution in [0.25, 0.3) is 0 Å². The average Bonchev–Trinajstić information content (AvgIpc) is 2.22. The van der Waals surface area contributed by atoms with E-state index in [1.165, 1.54) is 12.1 Å². The first kappa shape index (κ1) is 13.1. The summed E-state index contributed by atoms with van der Waals surface area (Å²) in [6.45, 7) is 2.17. The van der Waals surface area contributed by atoms with Crippen LogP contribution in [0.5, 0.6) is 0 Å². The number of hydrogen-bond acceptors (Lipinski definition) is 2. The van der Waals surface area contributed by atoms with Crippen molar-refractivity contribution in [3.8, 4) is 0 Å². The van der Waals surface area contributed by atoms with Gasteiger partial charge >= 0.3 is 107 Å². The number of hydrogen-bond donors (Lipinski definition) is 0. The van der Waals surface area contributed by atoms with E-state index < -0.39 is 22.1 Å². The molecule has 1 aromatic rings. The van der Waals surface area contributed by atoms with Crippen molar-refractivity contribution in [2.75, 3.05) is 6.61 Å². The van der Waals surface area contributed by atoms with Crippen LogP contribution in [0.3, 0.4) is 0 Å². The van der Waals surface area contributed by atoms with Crippen molar-refractivity contribution < 1.29 is 36.1 Å². The molecule has 0 aliphatic heterocycles. The summed E-state index contributed by atoms with van der Waals surface area (Å²) in [7, 11) is 0. The molecule has 2 nitrogen and oxygen atoms in total. The molecule has 0 saturated heterocycles. The van der Waals surface area contributed by atoms with Gasteiger partial charge in [0.2, 0.25) is 0 Å². The first-order valence-electron chi connectivity index (χ1n) is 4.67. The van der Waals surface area contributed by atoms with Gasteiger partial charge in [0.05, 0.1) is 0 Å². The van der Waals surface area contributed by atoms with Gasteiger partial charge in [-0.05, 0) is 0 Å². The molecule has 0 aliphatic carbocycles. The SMILES string of the molecule is CCOC(=O)[CH]([Hg][Br])c1ccc(F)cc1. The van der Waals surface area contributed by atoms with Crippen molar-refractivity contribution in [2.24, 2.45) is 0 Å². The van der Waals surface area contributed by atoms with Crippen molar-refractivity contribution in [3.05, 3.63) is 35.6 Å². The van der Waals surface area contributed by atoms with Crippen molar-refractivity contribution >= 4 is 17.9 Å². The van der Waals surface area contributed by atoms with Gasteiger partial charge in [0, 0.05) is 0 Å². The number of rotatable bonds is 4. The van der Waals surface area contributed by atoms with Crippen LogP contribution in [0.4, 0.5) is 4.39 Å². The van der Waals surface area contributed by atoms with Gasteiger partial charge < -0.3 is 0 Å². The molecule has 0 aromatic heterocycles. The number of benzene rings is 1. The summed E-state index contributed by atoms with van der Waals surface area (Å²) in [5, 5.41) is 0. The van der Waals surface area contributed by atoms with E-state index in [1.54, 1.807) is 19.1 Å². The Morgan fingerprint density at radius 1 is 1.53 bits per heavy atom. The van der Waals surface area contributed by atoms with E-state index in [4.69, 9.17) is 4.74 Å². The van der Waals surface area contributed by atoms with E-state index in [0.29, 0.717) is 6.61 Å². The summed E-state index contributed by atoms with van der Waals surface area (Å²) in [6.07, 6.45) is 0. The second-order valence-corrected chi connectivity index (χ2v) is 13.1. The third-order valence-corrected chi connectivity index (χ3v) is 12.0. The van der Waals surface area contributed by atoms with E-state index >= 15 is 0 Å². The van der Waals surface area contributed by atoms with Gasteiger partial charge in [-0.2, -0.15) is 0 Å². The molecule has 1 atom stereocenters. The molecule has 15 heavy (non-hydrogen) atoms. The Hall–Kier alpha value is 0.0351. The maximum atomic E-state index is 12.7. The molecular weight excluding hydrogens is 452 g/mol. The van der Waals surface area contributed by atoms with Crippen LogP contribution in [0.1, 0.15) is 15.9 Å². The fraction of sp³-hybridized carbons (Fsp3) is 0.300. The third-order valence-electron chi connectivity index (χ3n) is 2.00. The molecule has 0 bridgehead atoms. The van der Waals surface area contributed by atoms with Crippen LogP contribution in [0.15, 0.2) is 24.3 Å². The molecular formula is C10H10BrFHgO2. The number of esters is 1. The predicted molar refractivity (Wildman–Crippen MR) is 54.7 cm³/mol. The molecule has 1 aromatic carbocycles. The van der Waals surface area contributed by atoms with Crippen LogP contribution < -0.4 is 0 Å². The Morgan fingerprint density at radius 3 is 2.60 bits per heavy atom. The summed E-state index contributed by atoms with van der Waals surface area (Å²) in [5.74, 6) is -0.477. The topological polar surface area (TPSA) is 26.3 Å². The van der Waals surface area contributed by atoms with E-state index in [9.17, 15) is 9.18 Å². The Bertz CT molecular complexity index is 329. The van der Waals surface area contributed by atoms with E-state index in [1.807, 2.05) is 0 Å². The molecule has 0 fully saturated rings. The van der Waals surface area contributed by atoms with Gasteiger partial charge in [0.25, 0.3) is 0 Å². The number of halogens is 2. The van der Waals surface area contributed by atoms with Crippen LogP contribution in [0, 0.1) is 5.82 Å². The number of ether oxygens (including phenoxy) is 1. The summed E-state index contributed by atoms with van der Waals surface area (Å²) < 4.78 is 17.5. The molecule has 1 unspecified atom stereocenters. The zero-order valence-electron chi connectivity index (χ0n) is 8.37. The second kappa shape index (κ2) is 6.58. The standard InChI is InChI=1S/C10H10FO2.BrH.Hg/c1-2-13-10(12)7-8-3-5-9(11)6-4-8;;/h3-7H,2H2,1H3;1H;/q;;+1/p-1. The van der Waals surface area contributed by atoms with Crippen LogP contribution in [-0.4, -0.2) is 12.6 Å². The summed E-state index contributed by atoms with van der Waals surface area (Å²) >= 11 is 2.01. The fourth-order valence-corrected chi connectivity index (χ4v) is 9.52. The molecule has 0 heterocycles. The van der Waals surface area contributed by atoms with Gasteiger partial charge in [-0.25, -0.2) is 0 Å². The van der Waals surface area contributed by atoms with Gasteiger partial charge in [0.1, 0.15) is 0 Å². The van der Waals surface area contributed by atoms with E-state index in [-0.39, 0.29) is 15.2 Å². The normalized spacial score (nSPS) is 11.7. The number of carbonyl (C=O) groups excluding carboxylic acids is 1. The van der Waals surface area contributed by atoms with Gasteiger partial charge in [0.15, 0.2) is 0 Å². The minimum absolute atomic E-state index is 0.148. The van der Waals surface area contributed by atoms with Crippen LogP contribution in [0.2, 0.25) is 0 Å². The summed E-state index contributed by atoms with van der Waals surface area (Å²) in [5.41, 5.74) is 0.855. The zero-order chi connectivity index (χ0) is 11.3. The molecule has 1 rings (SSSR count). The summed E-state index contributed by atoms with van der Waals surface area (Å²) in [6, 6.07) is 6.05.